The summed E-state index contributed by atoms with van der Waals surface area (Å²) >= 11 is 3.42. The first-order chi connectivity index (χ1) is 9.28. The number of rotatable bonds is 6. The van der Waals surface area contributed by atoms with Gasteiger partial charge in [-0.2, -0.15) is 0 Å². The van der Waals surface area contributed by atoms with Crippen molar-refractivity contribution in [1.82, 2.24) is 4.98 Å². The number of ether oxygens (including phenoxy) is 1. The van der Waals surface area contributed by atoms with E-state index in [4.69, 9.17) is 4.74 Å². The summed E-state index contributed by atoms with van der Waals surface area (Å²) in [7, 11) is 0. The van der Waals surface area contributed by atoms with Crippen molar-refractivity contribution in [3.63, 3.8) is 0 Å². The van der Waals surface area contributed by atoms with E-state index in [2.05, 4.69) is 33.2 Å². The van der Waals surface area contributed by atoms with Crippen molar-refractivity contribution < 1.29 is 4.74 Å². The Labute approximate surface area is 122 Å². The highest BCUT2D eigenvalue weighted by atomic mass is 79.9. The molecule has 0 saturated heterocycles. The van der Waals surface area contributed by atoms with Crippen molar-refractivity contribution >= 4 is 21.7 Å². The minimum absolute atomic E-state index is 0.470. The van der Waals surface area contributed by atoms with Gasteiger partial charge in [0.1, 0.15) is 18.2 Å². The maximum Gasteiger partial charge on any atom is 0.130 e. The first-order valence-electron chi connectivity index (χ1n) is 6.36. The summed E-state index contributed by atoms with van der Waals surface area (Å²) in [4.78, 5) is 4.50. The average molecular weight is 321 g/mol. The van der Waals surface area contributed by atoms with Gasteiger partial charge in [0.25, 0.3) is 0 Å². The van der Waals surface area contributed by atoms with Gasteiger partial charge in [0.15, 0.2) is 0 Å². The first-order valence-corrected chi connectivity index (χ1v) is 7.15. The summed E-state index contributed by atoms with van der Waals surface area (Å²) in [6.07, 6.45) is 1.08. The van der Waals surface area contributed by atoms with Crippen molar-refractivity contribution in [3.05, 3.63) is 52.6 Å². The highest BCUT2D eigenvalue weighted by molar-refractivity contribution is 9.10. The molecule has 0 radical (unpaired) electrons. The second-order valence-corrected chi connectivity index (χ2v) is 5.10. The lowest BCUT2D eigenvalue weighted by atomic mass is 10.3. The molecule has 1 heterocycles. The Bertz CT molecular complexity index is 531. The molecule has 100 valence electrons. The Kier molecular flexibility index (Phi) is 5.21. The minimum Gasteiger partial charge on any atom is -0.487 e. The molecule has 4 heteroatoms. The van der Waals surface area contributed by atoms with Gasteiger partial charge in [-0.25, -0.2) is 4.98 Å². The largest absolute Gasteiger partial charge is 0.487 e. The number of benzene rings is 1. The Morgan fingerprint density at radius 1 is 1.21 bits per heavy atom. The molecule has 3 nitrogen and oxygen atoms in total. The molecule has 1 N–H and O–H groups in total. The Morgan fingerprint density at radius 3 is 2.84 bits per heavy atom. The average Bonchev–Trinajstić information content (AvgIpc) is 2.43. The first kappa shape index (κ1) is 13.9. The number of halogens is 1. The van der Waals surface area contributed by atoms with E-state index in [0.29, 0.717) is 6.61 Å². The molecule has 0 unspecified atom stereocenters. The number of nitrogens with zero attached hydrogens (tertiary/aromatic N) is 1. The molecule has 0 aliphatic heterocycles. The molecule has 0 spiro atoms. The monoisotopic (exact) mass is 320 g/mol. The molecule has 2 rings (SSSR count). The maximum atomic E-state index is 5.71. The van der Waals surface area contributed by atoms with Gasteiger partial charge in [0, 0.05) is 11.0 Å². The SMILES string of the molecule is CCCNc1cccc(COc2cccc(Br)c2)n1. The molecule has 19 heavy (non-hydrogen) atoms. The van der Waals surface area contributed by atoms with Crippen LogP contribution >= 0.6 is 15.9 Å². The summed E-state index contributed by atoms with van der Waals surface area (Å²) in [5.41, 5.74) is 0.918. The topological polar surface area (TPSA) is 34.1 Å². The predicted molar refractivity (Wildman–Crippen MR) is 81.5 cm³/mol. The van der Waals surface area contributed by atoms with Gasteiger partial charge < -0.3 is 10.1 Å². The summed E-state index contributed by atoms with van der Waals surface area (Å²) in [6, 6.07) is 13.7. The van der Waals surface area contributed by atoms with E-state index in [1.165, 1.54) is 0 Å². The number of pyridine rings is 1. The van der Waals surface area contributed by atoms with Crippen LogP contribution in [0.1, 0.15) is 19.0 Å². The fourth-order valence-corrected chi connectivity index (χ4v) is 2.00. The van der Waals surface area contributed by atoms with Crippen molar-refractivity contribution in [3.8, 4) is 5.75 Å². The summed E-state index contributed by atoms with van der Waals surface area (Å²) in [6.45, 7) is 3.54. The van der Waals surface area contributed by atoms with Crippen LogP contribution in [0, 0.1) is 0 Å². The van der Waals surface area contributed by atoms with Gasteiger partial charge in [-0.05, 0) is 36.8 Å². The normalized spacial score (nSPS) is 10.2. The zero-order valence-electron chi connectivity index (χ0n) is 10.9. The van der Waals surface area contributed by atoms with Crippen LogP contribution in [0.5, 0.6) is 5.75 Å². The highest BCUT2D eigenvalue weighted by Gasteiger charge is 1.99. The lowest BCUT2D eigenvalue weighted by molar-refractivity contribution is 0.301. The molecular weight excluding hydrogens is 304 g/mol. The number of hydrogen-bond acceptors (Lipinski definition) is 3. The van der Waals surface area contributed by atoms with Gasteiger partial charge in [0.2, 0.25) is 0 Å². The molecule has 0 fully saturated rings. The molecule has 0 saturated carbocycles. The minimum atomic E-state index is 0.470. The zero-order valence-corrected chi connectivity index (χ0v) is 12.5. The van der Waals surface area contributed by atoms with Crippen LogP contribution in [0.15, 0.2) is 46.9 Å². The Balaban J connectivity index is 1.95. The Hall–Kier alpha value is -1.55. The third-order valence-corrected chi connectivity index (χ3v) is 3.04. The number of anilines is 1. The number of hydrogen-bond donors (Lipinski definition) is 1. The number of aromatic nitrogens is 1. The second-order valence-electron chi connectivity index (χ2n) is 4.19. The van der Waals surface area contributed by atoms with E-state index in [1.54, 1.807) is 0 Å². The molecule has 1 aromatic carbocycles. The van der Waals surface area contributed by atoms with Crippen molar-refractivity contribution in [1.29, 1.82) is 0 Å². The van der Waals surface area contributed by atoms with E-state index < -0.39 is 0 Å². The zero-order chi connectivity index (χ0) is 13.5. The van der Waals surface area contributed by atoms with Crippen LogP contribution in [0.4, 0.5) is 5.82 Å². The van der Waals surface area contributed by atoms with Gasteiger partial charge in [-0.15, -0.1) is 0 Å². The quantitative estimate of drug-likeness (QED) is 0.864. The van der Waals surface area contributed by atoms with Crippen LogP contribution in [-0.2, 0) is 6.61 Å². The van der Waals surface area contributed by atoms with Crippen LogP contribution in [0.2, 0.25) is 0 Å². The van der Waals surface area contributed by atoms with E-state index in [1.807, 2.05) is 42.5 Å². The molecule has 2 aromatic rings. The van der Waals surface area contributed by atoms with Gasteiger partial charge >= 0.3 is 0 Å². The molecule has 0 aliphatic carbocycles. The van der Waals surface area contributed by atoms with Crippen LogP contribution < -0.4 is 10.1 Å². The van der Waals surface area contributed by atoms with E-state index in [-0.39, 0.29) is 0 Å². The van der Waals surface area contributed by atoms with Crippen molar-refractivity contribution in [2.45, 2.75) is 20.0 Å². The van der Waals surface area contributed by atoms with E-state index in [9.17, 15) is 0 Å². The van der Waals surface area contributed by atoms with Gasteiger partial charge in [-0.3, -0.25) is 0 Å². The third kappa shape index (κ3) is 4.56. The van der Waals surface area contributed by atoms with Crippen LogP contribution in [0.3, 0.4) is 0 Å². The van der Waals surface area contributed by atoms with Gasteiger partial charge in [0.05, 0.1) is 5.69 Å². The summed E-state index contributed by atoms with van der Waals surface area (Å²) in [5, 5.41) is 3.27. The standard InChI is InChI=1S/C15H17BrN2O/c1-2-9-17-15-8-4-6-13(18-15)11-19-14-7-3-5-12(16)10-14/h3-8,10H,2,9,11H2,1H3,(H,17,18). The molecule has 0 amide bonds. The van der Waals surface area contributed by atoms with E-state index >= 15 is 0 Å². The summed E-state index contributed by atoms with van der Waals surface area (Å²) in [5.74, 6) is 1.74. The smallest absolute Gasteiger partial charge is 0.130 e. The fourth-order valence-electron chi connectivity index (χ4n) is 1.63. The lowest BCUT2D eigenvalue weighted by Crippen LogP contribution is -2.04. The summed E-state index contributed by atoms with van der Waals surface area (Å²) < 4.78 is 6.72. The molecule has 0 atom stereocenters. The van der Waals surface area contributed by atoms with E-state index in [0.717, 1.165) is 34.7 Å². The number of nitrogens with one attached hydrogen (secondary N) is 1. The molecule has 1 aromatic heterocycles. The fraction of sp³-hybridized carbons (Fsp3) is 0.267. The Morgan fingerprint density at radius 2 is 2.05 bits per heavy atom. The third-order valence-electron chi connectivity index (χ3n) is 2.55. The molecule has 0 bridgehead atoms. The van der Waals surface area contributed by atoms with Crippen LogP contribution in [0.25, 0.3) is 0 Å². The van der Waals surface area contributed by atoms with Crippen molar-refractivity contribution in [2.24, 2.45) is 0 Å². The maximum absolute atomic E-state index is 5.71. The lowest BCUT2D eigenvalue weighted by Gasteiger charge is -2.08. The molecule has 0 aliphatic rings. The van der Waals surface area contributed by atoms with Crippen molar-refractivity contribution in [2.75, 3.05) is 11.9 Å². The highest BCUT2D eigenvalue weighted by Crippen LogP contribution is 2.18. The molecular formula is C15H17BrN2O. The predicted octanol–water partition coefficient (Wildman–Crippen LogP) is 4.25. The van der Waals surface area contributed by atoms with Gasteiger partial charge in [-0.1, -0.05) is 35.0 Å². The van der Waals surface area contributed by atoms with Crippen LogP contribution in [-0.4, -0.2) is 11.5 Å². The second kappa shape index (κ2) is 7.14.